The molecule has 136 valence electrons. The molecule has 5 nitrogen and oxygen atoms in total. The quantitative estimate of drug-likeness (QED) is 0.721. The van der Waals surface area contributed by atoms with Crippen molar-refractivity contribution in [2.45, 2.75) is 25.6 Å². The molecule has 0 aliphatic carbocycles. The number of halogens is 3. The van der Waals surface area contributed by atoms with Crippen LogP contribution in [-0.4, -0.2) is 9.97 Å². The van der Waals surface area contributed by atoms with Crippen molar-refractivity contribution < 1.29 is 17.9 Å². The minimum absolute atomic E-state index is 0.0573. The minimum Gasteiger partial charge on any atom is -0.485 e. The Balaban J connectivity index is 1.95. The van der Waals surface area contributed by atoms with Crippen LogP contribution < -0.4 is 16.2 Å². The number of rotatable bonds is 4. The molecule has 3 rings (SSSR count). The van der Waals surface area contributed by atoms with Crippen molar-refractivity contribution in [3.63, 3.8) is 0 Å². The van der Waals surface area contributed by atoms with Crippen LogP contribution in [0.3, 0.4) is 0 Å². The lowest BCUT2D eigenvalue weighted by Gasteiger charge is -2.20. The fourth-order valence-electron chi connectivity index (χ4n) is 2.72. The average molecular weight is 362 g/mol. The Hall–Kier alpha value is -3.03. The fourth-order valence-corrected chi connectivity index (χ4v) is 2.72. The standard InChI is InChI=1S/C18H17F3N4O/c1-2-13(10-6-8-11(9-7-10)18(19,20)21)26-14-5-3-4-12-15(14)16(22)25-17(23)24-12/h3-9,13H,2H2,1H3,(H4,22,23,24,25). The Kier molecular flexibility index (Phi) is 4.58. The van der Waals surface area contributed by atoms with Crippen LogP contribution in [0, 0.1) is 0 Å². The van der Waals surface area contributed by atoms with E-state index in [4.69, 9.17) is 16.2 Å². The number of hydrogen-bond donors (Lipinski definition) is 2. The van der Waals surface area contributed by atoms with E-state index >= 15 is 0 Å². The maximum atomic E-state index is 12.7. The molecule has 1 unspecified atom stereocenters. The largest absolute Gasteiger partial charge is 0.485 e. The van der Waals surface area contributed by atoms with Gasteiger partial charge in [-0.1, -0.05) is 25.1 Å². The van der Waals surface area contributed by atoms with Crippen molar-refractivity contribution in [1.29, 1.82) is 0 Å². The molecule has 3 aromatic rings. The van der Waals surface area contributed by atoms with Gasteiger partial charge in [-0.15, -0.1) is 0 Å². The second-order valence-corrected chi connectivity index (χ2v) is 5.75. The zero-order chi connectivity index (χ0) is 18.9. The van der Waals surface area contributed by atoms with Gasteiger partial charge in [0.2, 0.25) is 5.95 Å². The minimum atomic E-state index is -4.37. The molecule has 2 aromatic carbocycles. The summed E-state index contributed by atoms with van der Waals surface area (Å²) in [5.74, 6) is 0.694. The van der Waals surface area contributed by atoms with Gasteiger partial charge in [0.25, 0.3) is 0 Å². The monoisotopic (exact) mass is 362 g/mol. The van der Waals surface area contributed by atoms with E-state index in [2.05, 4.69) is 9.97 Å². The van der Waals surface area contributed by atoms with Crippen molar-refractivity contribution in [2.24, 2.45) is 0 Å². The van der Waals surface area contributed by atoms with Crippen molar-refractivity contribution in [1.82, 2.24) is 9.97 Å². The van der Waals surface area contributed by atoms with E-state index in [0.717, 1.165) is 12.1 Å². The summed E-state index contributed by atoms with van der Waals surface area (Å²) in [6, 6.07) is 10.1. The summed E-state index contributed by atoms with van der Waals surface area (Å²) < 4.78 is 44.2. The molecule has 1 heterocycles. The van der Waals surface area contributed by atoms with E-state index in [1.807, 2.05) is 6.92 Å². The van der Waals surface area contributed by atoms with Gasteiger partial charge in [0.15, 0.2) is 0 Å². The summed E-state index contributed by atoms with van der Waals surface area (Å²) in [5.41, 5.74) is 12.0. The molecular formula is C18H17F3N4O. The normalized spacial score (nSPS) is 12.9. The van der Waals surface area contributed by atoms with Gasteiger partial charge in [-0.3, -0.25) is 0 Å². The predicted molar refractivity (Wildman–Crippen MR) is 93.5 cm³/mol. The van der Waals surface area contributed by atoms with Gasteiger partial charge in [0.1, 0.15) is 17.7 Å². The molecule has 0 amide bonds. The van der Waals surface area contributed by atoms with Crippen molar-refractivity contribution in [2.75, 3.05) is 11.5 Å². The van der Waals surface area contributed by atoms with E-state index in [9.17, 15) is 13.2 Å². The van der Waals surface area contributed by atoms with Crippen molar-refractivity contribution in [3.8, 4) is 5.75 Å². The van der Waals surface area contributed by atoms with Crippen LogP contribution in [0.5, 0.6) is 5.75 Å². The molecule has 1 atom stereocenters. The number of hydrogen-bond acceptors (Lipinski definition) is 5. The maximum absolute atomic E-state index is 12.7. The van der Waals surface area contributed by atoms with Crippen LogP contribution in [0.1, 0.15) is 30.6 Å². The van der Waals surface area contributed by atoms with E-state index < -0.39 is 17.8 Å². The smallest absolute Gasteiger partial charge is 0.416 e. The molecule has 26 heavy (non-hydrogen) atoms. The zero-order valence-electron chi connectivity index (χ0n) is 13.9. The van der Waals surface area contributed by atoms with E-state index in [1.54, 1.807) is 18.2 Å². The van der Waals surface area contributed by atoms with Gasteiger partial charge in [0.05, 0.1) is 16.5 Å². The van der Waals surface area contributed by atoms with Crippen LogP contribution in [0.25, 0.3) is 10.9 Å². The summed E-state index contributed by atoms with van der Waals surface area (Å²) in [6.07, 6.45) is -4.26. The third-order valence-corrected chi connectivity index (χ3v) is 3.98. The first kappa shape index (κ1) is 17.8. The van der Waals surface area contributed by atoms with Gasteiger partial charge in [0, 0.05) is 0 Å². The van der Waals surface area contributed by atoms with Crippen LogP contribution in [0.15, 0.2) is 42.5 Å². The van der Waals surface area contributed by atoms with Gasteiger partial charge in [-0.2, -0.15) is 18.2 Å². The lowest BCUT2D eigenvalue weighted by molar-refractivity contribution is -0.137. The van der Waals surface area contributed by atoms with Gasteiger partial charge in [-0.05, 0) is 36.2 Å². The molecule has 1 aromatic heterocycles. The number of nitrogens with zero attached hydrogens (tertiary/aromatic N) is 2. The highest BCUT2D eigenvalue weighted by Gasteiger charge is 2.30. The second kappa shape index (κ2) is 6.70. The summed E-state index contributed by atoms with van der Waals surface area (Å²) in [7, 11) is 0. The number of nitrogen functional groups attached to an aromatic ring is 2. The first-order valence-electron chi connectivity index (χ1n) is 7.95. The molecule has 8 heteroatoms. The van der Waals surface area contributed by atoms with Gasteiger partial charge in [-0.25, -0.2) is 4.98 Å². The summed E-state index contributed by atoms with van der Waals surface area (Å²) in [4.78, 5) is 8.07. The molecule has 0 bridgehead atoms. The molecule has 0 spiro atoms. The highest BCUT2D eigenvalue weighted by Crippen LogP contribution is 2.35. The summed E-state index contributed by atoms with van der Waals surface area (Å²) in [6.45, 7) is 1.88. The molecule has 0 saturated heterocycles. The predicted octanol–water partition coefficient (Wildman–Crippen LogP) is 4.34. The molecule has 0 aliphatic heterocycles. The number of anilines is 2. The van der Waals surface area contributed by atoms with Crippen LogP contribution in [0.2, 0.25) is 0 Å². The molecule has 0 aliphatic rings. The lowest BCUT2D eigenvalue weighted by Crippen LogP contribution is -2.10. The second-order valence-electron chi connectivity index (χ2n) is 5.75. The Bertz CT molecular complexity index is 926. The SMILES string of the molecule is CCC(Oc1cccc2nc(N)nc(N)c12)c1ccc(C(F)(F)F)cc1. The van der Waals surface area contributed by atoms with E-state index in [1.165, 1.54) is 12.1 Å². The average Bonchev–Trinajstić information content (AvgIpc) is 2.58. The zero-order valence-corrected chi connectivity index (χ0v) is 13.9. The first-order chi connectivity index (χ1) is 12.3. The van der Waals surface area contributed by atoms with Crippen LogP contribution in [-0.2, 0) is 6.18 Å². The van der Waals surface area contributed by atoms with E-state index in [-0.39, 0.29) is 11.8 Å². The summed E-state index contributed by atoms with van der Waals surface area (Å²) >= 11 is 0. The van der Waals surface area contributed by atoms with Crippen molar-refractivity contribution in [3.05, 3.63) is 53.6 Å². The molecule has 0 saturated carbocycles. The van der Waals surface area contributed by atoms with Gasteiger partial charge < -0.3 is 16.2 Å². The topological polar surface area (TPSA) is 87.0 Å². The van der Waals surface area contributed by atoms with Gasteiger partial charge >= 0.3 is 6.18 Å². The number of alkyl halides is 3. The Morgan fingerprint density at radius 1 is 1.04 bits per heavy atom. The molecule has 0 fully saturated rings. The highest BCUT2D eigenvalue weighted by molar-refractivity contribution is 5.94. The van der Waals surface area contributed by atoms with E-state index in [0.29, 0.717) is 28.6 Å². The van der Waals surface area contributed by atoms with Crippen molar-refractivity contribution >= 4 is 22.7 Å². The third-order valence-electron chi connectivity index (χ3n) is 3.98. The highest BCUT2D eigenvalue weighted by atomic mass is 19.4. The number of fused-ring (bicyclic) bond motifs is 1. The Morgan fingerprint density at radius 3 is 2.35 bits per heavy atom. The van der Waals surface area contributed by atoms with Crippen LogP contribution in [0.4, 0.5) is 24.9 Å². The Morgan fingerprint density at radius 2 is 1.73 bits per heavy atom. The fraction of sp³-hybridized carbons (Fsp3) is 0.222. The Labute approximate surface area is 147 Å². The first-order valence-corrected chi connectivity index (χ1v) is 7.95. The van der Waals surface area contributed by atoms with Crippen LogP contribution >= 0.6 is 0 Å². The molecular weight excluding hydrogens is 345 g/mol. The number of aromatic nitrogens is 2. The number of benzene rings is 2. The summed E-state index contributed by atoms with van der Waals surface area (Å²) in [5, 5.41) is 0.520. The lowest BCUT2D eigenvalue weighted by atomic mass is 10.0. The maximum Gasteiger partial charge on any atom is 0.416 e. The molecule has 4 N–H and O–H groups in total. The number of nitrogens with two attached hydrogens (primary N) is 2. The third kappa shape index (κ3) is 3.49. The molecule has 0 radical (unpaired) electrons. The number of ether oxygens (including phenoxy) is 1.